The summed E-state index contributed by atoms with van der Waals surface area (Å²) in [7, 11) is 1.39. The molecule has 1 aromatic carbocycles. The molecule has 1 aliphatic heterocycles. The Kier molecular flexibility index (Phi) is 5.83. The number of fused-ring (bicyclic) bond motifs is 1. The molecule has 2 amide bonds. The second kappa shape index (κ2) is 8.68. The predicted octanol–water partition coefficient (Wildman–Crippen LogP) is 3.06. The van der Waals surface area contributed by atoms with Gasteiger partial charge in [-0.1, -0.05) is 24.6 Å². The number of hydrogen-bond acceptors (Lipinski definition) is 4. The molecule has 1 fully saturated rings. The monoisotopic (exact) mass is 396 g/mol. The smallest absolute Gasteiger partial charge is 0.409 e. The van der Waals surface area contributed by atoms with Gasteiger partial charge in [0.25, 0.3) is 5.91 Å². The molecule has 154 valence electrons. The van der Waals surface area contributed by atoms with Gasteiger partial charge in [-0.25, -0.2) is 9.48 Å². The molecule has 0 N–H and O–H groups in total. The van der Waals surface area contributed by atoms with Crippen molar-refractivity contribution in [3.05, 3.63) is 47.3 Å². The minimum absolute atomic E-state index is 0.0236. The van der Waals surface area contributed by atoms with Crippen LogP contribution in [0.4, 0.5) is 4.79 Å². The molecule has 0 bridgehead atoms. The van der Waals surface area contributed by atoms with Gasteiger partial charge in [0.2, 0.25) is 0 Å². The lowest BCUT2D eigenvalue weighted by molar-refractivity contribution is 0.0749. The molecule has 0 radical (unpaired) electrons. The fourth-order valence-corrected chi connectivity index (χ4v) is 4.31. The molecule has 1 saturated heterocycles. The third-order valence-corrected chi connectivity index (χ3v) is 5.85. The molecule has 1 aliphatic carbocycles. The number of carbonyl (C=O) groups is 2. The van der Waals surface area contributed by atoms with Crippen molar-refractivity contribution in [2.24, 2.45) is 0 Å². The van der Waals surface area contributed by atoms with Crippen LogP contribution in [0.15, 0.2) is 30.3 Å². The zero-order valence-electron chi connectivity index (χ0n) is 17.0. The first kappa shape index (κ1) is 19.5. The van der Waals surface area contributed by atoms with Crippen LogP contribution in [0.2, 0.25) is 0 Å². The SMILES string of the molecule is COC(=O)N1CCCN(C(=O)c2nn(-c3ccccc3)c3c2CCCCC3)CC1. The van der Waals surface area contributed by atoms with Crippen molar-refractivity contribution >= 4 is 12.0 Å². The van der Waals surface area contributed by atoms with Crippen LogP contribution >= 0.6 is 0 Å². The summed E-state index contributed by atoms with van der Waals surface area (Å²) < 4.78 is 6.80. The molecule has 0 atom stereocenters. The van der Waals surface area contributed by atoms with E-state index in [1.54, 1.807) is 4.90 Å². The zero-order valence-corrected chi connectivity index (χ0v) is 17.0. The topological polar surface area (TPSA) is 67.7 Å². The van der Waals surface area contributed by atoms with Crippen molar-refractivity contribution in [1.82, 2.24) is 19.6 Å². The lowest BCUT2D eigenvalue weighted by Gasteiger charge is -2.21. The van der Waals surface area contributed by atoms with Crippen LogP contribution in [0.5, 0.6) is 0 Å². The lowest BCUT2D eigenvalue weighted by atomic mass is 10.1. The van der Waals surface area contributed by atoms with Gasteiger partial charge in [0.1, 0.15) is 0 Å². The quantitative estimate of drug-likeness (QED) is 0.732. The van der Waals surface area contributed by atoms with E-state index < -0.39 is 0 Å². The number of amides is 2. The van der Waals surface area contributed by atoms with E-state index in [2.05, 4.69) is 0 Å². The maximum atomic E-state index is 13.4. The number of carbonyl (C=O) groups excluding carboxylic acids is 2. The molecular formula is C22H28N4O3. The fraction of sp³-hybridized carbons (Fsp3) is 0.500. The highest BCUT2D eigenvalue weighted by molar-refractivity contribution is 5.94. The average molecular weight is 396 g/mol. The summed E-state index contributed by atoms with van der Waals surface area (Å²) >= 11 is 0. The van der Waals surface area contributed by atoms with Crippen LogP contribution in [0.3, 0.4) is 0 Å². The van der Waals surface area contributed by atoms with Gasteiger partial charge in [-0.05, 0) is 44.2 Å². The summed E-state index contributed by atoms with van der Waals surface area (Å²) in [4.78, 5) is 28.8. The highest BCUT2D eigenvalue weighted by atomic mass is 16.5. The first-order chi connectivity index (χ1) is 14.2. The Morgan fingerprint density at radius 3 is 2.41 bits per heavy atom. The number of aromatic nitrogens is 2. The van der Waals surface area contributed by atoms with Crippen molar-refractivity contribution in [3.8, 4) is 5.69 Å². The highest BCUT2D eigenvalue weighted by Gasteiger charge is 2.29. The number of benzene rings is 1. The van der Waals surface area contributed by atoms with Crippen LogP contribution < -0.4 is 0 Å². The number of hydrogen-bond donors (Lipinski definition) is 0. The molecule has 2 heterocycles. The van der Waals surface area contributed by atoms with E-state index >= 15 is 0 Å². The molecule has 4 rings (SSSR count). The van der Waals surface area contributed by atoms with Gasteiger partial charge in [-0.3, -0.25) is 4.79 Å². The molecule has 2 aliphatic rings. The summed E-state index contributed by atoms with van der Waals surface area (Å²) in [5.74, 6) is -0.0236. The van der Waals surface area contributed by atoms with E-state index in [0.717, 1.165) is 43.4 Å². The summed E-state index contributed by atoms with van der Waals surface area (Å²) in [5, 5.41) is 4.80. The maximum absolute atomic E-state index is 13.4. The fourth-order valence-electron chi connectivity index (χ4n) is 4.31. The van der Waals surface area contributed by atoms with Crippen molar-refractivity contribution in [1.29, 1.82) is 0 Å². The summed E-state index contributed by atoms with van der Waals surface area (Å²) in [6, 6.07) is 10.1. The van der Waals surface area contributed by atoms with Crippen molar-refractivity contribution in [2.45, 2.75) is 38.5 Å². The largest absolute Gasteiger partial charge is 0.453 e. The van der Waals surface area contributed by atoms with Crippen LogP contribution in [0, 0.1) is 0 Å². The number of ether oxygens (including phenoxy) is 1. The second-order valence-electron chi connectivity index (χ2n) is 7.68. The summed E-state index contributed by atoms with van der Waals surface area (Å²) in [6.07, 6.45) is 5.63. The zero-order chi connectivity index (χ0) is 20.2. The van der Waals surface area contributed by atoms with E-state index in [0.29, 0.717) is 31.9 Å². The summed E-state index contributed by atoms with van der Waals surface area (Å²) in [5.41, 5.74) is 3.85. The third kappa shape index (κ3) is 3.99. The summed E-state index contributed by atoms with van der Waals surface area (Å²) in [6.45, 7) is 2.22. The van der Waals surface area contributed by atoms with E-state index in [4.69, 9.17) is 9.84 Å². The molecule has 0 saturated carbocycles. The van der Waals surface area contributed by atoms with Gasteiger partial charge in [-0.15, -0.1) is 0 Å². The van der Waals surface area contributed by atoms with E-state index in [9.17, 15) is 9.59 Å². The number of nitrogens with zero attached hydrogens (tertiary/aromatic N) is 4. The Morgan fingerprint density at radius 1 is 0.897 bits per heavy atom. The second-order valence-corrected chi connectivity index (χ2v) is 7.68. The Hall–Kier alpha value is -2.83. The van der Waals surface area contributed by atoms with Gasteiger partial charge in [-0.2, -0.15) is 5.10 Å². The molecule has 7 heteroatoms. The molecular weight excluding hydrogens is 368 g/mol. The van der Waals surface area contributed by atoms with Crippen LogP contribution in [-0.4, -0.2) is 64.9 Å². The van der Waals surface area contributed by atoms with Crippen LogP contribution in [0.1, 0.15) is 47.4 Å². The highest BCUT2D eigenvalue weighted by Crippen LogP contribution is 2.27. The Morgan fingerprint density at radius 2 is 1.62 bits per heavy atom. The molecule has 2 aromatic rings. The molecule has 0 spiro atoms. The van der Waals surface area contributed by atoms with E-state index in [1.807, 2.05) is 39.9 Å². The minimum atomic E-state index is -0.332. The molecule has 29 heavy (non-hydrogen) atoms. The van der Waals surface area contributed by atoms with Gasteiger partial charge in [0, 0.05) is 37.4 Å². The number of methoxy groups -OCH3 is 1. The normalized spacial score (nSPS) is 17.3. The van der Waals surface area contributed by atoms with Crippen molar-refractivity contribution < 1.29 is 14.3 Å². The predicted molar refractivity (Wildman–Crippen MR) is 109 cm³/mol. The first-order valence-corrected chi connectivity index (χ1v) is 10.5. The average Bonchev–Trinajstić information content (AvgIpc) is 2.95. The third-order valence-electron chi connectivity index (χ3n) is 5.85. The first-order valence-electron chi connectivity index (χ1n) is 10.5. The van der Waals surface area contributed by atoms with Gasteiger partial charge < -0.3 is 14.5 Å². The Balaban J connectivity index is 1.63. The molecule has 1 aromatic heterocycles. The van der Waals surface area contributed by atoms with E-state index in [-0.39, 0.29) is 12.0 Å². The van der Waals surface area contributed by atoms with Crippen molar-refractivity contribution in [2.75, 3.05) is 33.3 Å². The molecule has 0 unspecified atom stereocenters. The van der Waals surface area contributed by atoms with Crippen molar-refractivity contribution in [3.63, 3.8) is 0 Å². The van der Waals surface area contributed by atoms with E-state index in [1.165, 1.54) is 19.2 Å². The molecule has 7 nitrogen and oxygen atoms in total. The standard InChI is InChI=1S/C22H28N4O3/c1-29-22(28)25-14-8-13-24(15-16-25)21(27)20-18-11-6-3-7-12-19(18)26(23-20)17-9-4-2-5-10-17/h2,4-5,9-10H,3,6-8,11-16H2,1H3. The van der Waals surface area contributed by atoms with Gasteiger partial charge >= 0.3 is 6.09 Å². The minimum Gasteiger partial charge on any atom is -0.453 e. The Bertz CT molecular complexity index is 878. The van der Waals surface area contributed by atoms with Crippen LogP contribution in [-0.2, 0) is 17.6 Å². The number of rotatable bonds is 2. The van der Waals surface area contributed by atoms with Gasteiger partial charge in [0.15, 0.2) is 5.69 Å². The maximum Gasteiger partial charge on any atom is 0.409 e. The van der Waals surface area contributed by atoms with Gasteiger partial charge in [0.05, 0.1) is 12.8 Å². The van der Waals surface area contributed by atoms with Crippen LogP contribution in [0.25, 0.3) is 5.69 Å². The Labute approximate surface area is 171 Å². The lowest BCUT2D eigenvalue weighted by Crippen LogP contribution is -2.37. The number of para-hydroxylation sites is 1.